The molecule has 1 unspecified atom stereocenters. The number of hydrogen-bond donors (Lipinski definition) is 2. The molecule has 0 saturated carbocycles. The summed E-state index contributed by atoms with van der Waals surface area (Å²) in [6, 6.07) is 9.13. The molecular formula is C18H20N4O2S. The van der Waals surface area contributed by atoms with Crippen molar-refractivity contribution in [3.05, 3.63) is 62.2 Å². The molecule has 2 aromatic heterocycles. The number of rotatable bonds is 5. The van der Waals surface area contributed by atoms with Crippen LogP contribution in [0.15, 0.2) is 40.5 Å². The number of aromatic amines is 1. The van der Waals surface area contributed by atoms with E-state index >= 15 is 0 Å². The highest BCUT2D eigenvalue weighted by molar-refractivity contribution is 7.10. The van der Waals surface area contributed by atoms with Crippen molar-refractivity contribution >= 4 is 28.0 Å². The molecule has 1 aromatic carbocycles. The summed E-state index contributed by atoms with van der Waals surface area (Å²) in [6.07, 6.45) is 0. The second kappa shape index (κ2) is 7.16. The molecule has 0 spiro atoms. The van der Waals surface area contributed by atoms with E-state index in [-0.39, 0.29) is 23.2 Å². The van der Waals surface area contributed by atoms with E-state index in [0.29, 0.717) is 17.3 Å². The Balaban J connectivity index is 1.84. The number of hydrogen-bond acceptors (Lipinski definition) is 5. The summed E-state index contributed by atoms with van der Waals surface area (Å²) >= 11 is 1.68. The first-order valence-corrected chi connectivity index (χ1v) is 8.83. The van der Waals surface area contributed by atoms with E-state index in [4.69, 9.17) is 0 Å². The molecular weight excluding hydrogens is 336 g/mol. The van der Waals surface area contributed by atoms with Gasteiger partial charge in [-0.2, -0.15) is 5.10 Å². The van der Waals surface area contributed by atoms with Crippen LogP contribution in [0.2, 0.25) is 0 Å². The van der Waals surface area contributed by atoms with Crippen LogP contribution in [0.5, 0.6) is 0 Å². The Kier molecular flexibility index (Phi) is 4.96. The van der Waals surface area contributed by atoms with E-state index in [0.717, 1.165) is 0 Å². The minimum absolute atomic E-state index is 0.0815. The fourth-order valence-corrected chi connectivity index (χ4v) is 3.92. The van der Waals surface area contributed by atoms with Gasteiger partial charge in [0.25, 0.3) is 11.5 Å². The number of H-pyrrole nitrogens is 1. The molecule has 130 valence electrons. The number of likely N-dealkylation sites (N-methyl/N-ethyl adjacent to an activating group) is 1. The molecule has 7 heteroatoms. The molecule has 0 saturated heterocycles. The Morgan fingerprint density at radius 3 is 2.64 bits per heavy atom. The molecule has 1 atom stereocenters. The lowest BCUT2D eigenvalue weighted by atomic mass is 10.1. The normalized spacial score (nSPS) is 12.5. The van der Waals surface area contributed by atoms with Crippen LogP contribution in [0, 0.1) is 6.92 Å². The SMILES string of the molecule is Cc1ccsc1C(CNC(=O)c1n[nH]c(=O)c2ccccc12)N(C)C. The first kappa shape index (κ1) is 17.3. The number of nitrogens with zero attached hydrogens (tertiary/aromatic N) is 2. The summed E-state index contributed by atoms with van der Waals surface area (Å²) in [5.74, 6) is -0.298. The summed E-state index contributed by atoms with van der Waals surface area (Å²) in [4.78, 5) is 27.8. The number of amides is 1. The van der Waals surface area contributed by atoms with Crippen LogP contribution in [0.1, 0.15) is 27.0 Å². The van der Waals surface area contributed by atoms with E-state index in [1.807, 2.05) is 14.1 Å². The van der Waals surface area contributed by atoms with Gasteiger partial charge in [0.1, 0.15) is 0 Å². The number of carbonyl (C=O) groups is 1. The number of thiophene rings is 1. The summed E-state index contributed by atoms with van der Waals surface area (Å²) in [5.41, 5.74) is 1.15. The maximum atomic E-state index is 12.6. The van der Waals surface area contributed by atoms with Crippen molar-refractivity contribution in [1.29, 1.82) is 0 Å². The maximum Gasteiger partial charge on any atom is 0.272 e. The lowest BCUT2D eigenvalue weighted by Crippen LogP contribution is -2.35. The third kappa shape index (κ3) is 3.47. The molecule has 0 aliphatic heterocycles. The predicted molar refractivity (Wildman–Crippen MR) is 100 cm³/mol. The molecule has 0 aliphatic rings. The van der Waals surface area contributed by atoms with E-state index < -0.39 is 0 Å². The average Bonchev–Trinajstić information content (AvgIpc) is 3.01. The largest absolute Gasteiger partial charge is 0.349 e. The Bertz CT molecular complexity index is 961. The molecule has 0 bridgehead atoms. The first-order valence-electron chi connectivity index (χ1n) is 7.95. The number of fused-ring (bicyclic) bond motifs is 1. The lowest BCUT2D eigenvalue weighted by Gasteiger charge is -2.24. The Morgan fingerprint density at radius 1 is 1.28 bits per heavy atom. The Labute approximate surface area is 149 Å². The molecule has 3 rings (SSSR count). The van der Waals surface area contributed by atoms with Gasteiger partial charge in [0, 0.05) is 16.8 Å². The number of nitrogens with one attached hydrogen (secondary N) is 2. The van der Waals surface area contributed by atoms with Gasteiger partial charge in [-0.3, -0.25) is 9.59 Å². The summed E-state index contributed by atoms with van der Waals surface area (Å²) in [7, 11) is 3.98. The fourth-order valence-electron chi connectivity index (χ4n) is 2.80. The Morgan fingerprint density at radius 2 is 2.00 bits per heavy atom. The summed E-state index contributed by atoms with van der Waals surface area (Å²) in [6.45, 7) is 2.53. The second-order valence-corrected chi connectivity index (χ2v) is 7.05. The van der Waals surface area contributed by atoms with Crippen LogP contribution >= 0.6 is 11.3 Å². The van der Waals surface area contributed by atoms with Crippen LogP contribution < -0.4 is 10.9 Å². The van der Waals surface area contributed by atoms with Gasteiger partial charge < -0.3 is 10.2 Å². The highest BCUT2D eigenvalue weighted by Gasteiger charge is 2.20. The van der Waals surface area contributed by atoms with Crippen LogP contribution in [-0.4, -0.2) is 41.6 Å². The number of benzene rings is 1. The molecule has 2 heterocycles. The highest BCUT2D eigenvalue weighted by atomic mass is 32.1. The van der Waals surface area contributed by atoms with Crippen molar-refractivity contribution in [3.63, 3.8) is 0 Å². The number of aromatic nitrogens is 2. The zero-order valence-corrected chi connectivity index (χ0v) is 15.2. The molecule has 0 fully saturated rings. The van der Waals surface area contributed by atoms with E-state index in [1.165, 1.54) is 10.4 Å². The maximum absolute atomic E-state index is 12.6. The molecule has 1 amide bonds. The first-order chi connectivity index (χ1) is 12.0. The smallest absolute Gasteiger partial charge is 0.272 e. The van der Waals surface area contributed by atoms with Crippen molar-refractivity contribution in [1.82, 2.24) is 20.4 Å². The number of carbonyl (C=O) groups excluding carboxylic acids is 1. The molecule has 0 radical (unpaired) electrons. The van der Waals surface area contributed by atoms with Crippen LogP contribution in [0.4, 0.5) is 0 Å². The van der Waals surface area contributed by atoms with Gasteiger partial charge in [-0.25, -0.2) is 5.10 Å². The third-order valence-electron chi connectivity index (χ3n) is 4.19. The minimum Gasteiger partial charge on any atom is -0.349 e. The quantitative estimate of drug-likeness (QED) is 0.735. The van der Waals surface area contributed by atoms with Crippen molar-refractivity contribution in [3.8, 4) is 0 Å². The highest BCUT2D eigenvalue weighted by Crippen LogP contribution is 2.26. The van der Waals surface area contributed by atoms with Crippen molar-refractivity contribution < 1.29 is 4.79 Å². The topological polar surface area (TPSA) is 78.1 Å². The van der Waals surface area contributed by atoms with Gasteiger partial charge in [0.2, 0.25) is 0 Å². The van der Waals surface area contributed by atoms with Crippen LogP contribution in [-0.2, 0) is 0 Å². The molecule has 3 aromatic rings. The third-order valence-corrected chi connectivity index (χ3v) is 5.31. The van der Waals surface area contributed by atoms with Crippen LogP contribution in [0.25, 0.3) is 10.8 Å². The van der Waals surface area contributed by atoms with Crippen LogP contribution in [0.3, 0.4) is 0 Å². The van der Waals surface area contributed by atoms with E-state index in [9.17, 15) is 9.59 Å². The lowest BCUT2D eigenvalue weighted by molar-refractivity contribution is 0.0938. The van der Waals surface area contributed by atoms with Crippen molar-refractivity contribution in [2.75, 3.05) is 20.6 Å². The Hall–Kier alpha value is -2.51. The fraction of sp³-hybridized carbons (Fsp3) is 0.278. The molecule has 2 N–H and O–H groups in total. The second-order valence-electron chi connectivity index (χ2n) is 6.10. The van der Waals surface area contributed by atoms with Gasteiger partial charge in [-0.15, -0.1) is 11.3 Å². The van der Waals surface area contributed by atoms with E-state index in [2.05, 4.69) is 38.8 Å². The van der Waals surface area contributed by atoms with Gasteiger partial charge in [0.15, 0.2) is 5.69 Å². The molecule has 0 aliphatic carbocycles. The van der Waals surface area contributed by atoms with Gasteiger partial charge >= 0.3 is 0 Å². The van der Waals surface area contributed by atoms with Gasteiger partial charge in [-0.1, -0.05) is 18.2 Å². The van der Waals surface area contributed by atoms with Gasteiger partial charge in [-0.05, 0) is 44.1 Å². The standard InChI is InChI=1S/C18H20N4O2S/c1-11-8-9-25-16(11)14(22(2)3)10-19-18(24)15-12-6-4-5-7-13(12)17(23)21-20-15/h4-9,14H,10H2,1-3H3,(H,19,24)(H,21,23). The zero-order valence-electron chi connectivity index (χ0n) is 14.4. The van der Waals surface area contributed by atoms with E-state index in [1.54, 1.807) is 35.6 Å². The average molecular weight is 356 g/mol. The summed E-state index contributed by atoms with van der Waals surface area (Å²) < 4.78 is 0. The summed E-state index contributed by atoms with van der Waals surface area (Å²) in [5, 5.41) is 12.4. The van der Waals surface area contributed by atoms with Crippen molar-refractivity contribution in [2.24, 2.45) is 0 Å². The number of aryl methyl sites for hydroxylation is 1. The monoisotopic (exact) mass is 356 g/mol. The predicted octanol–water partition coefficient (Wildman–Crippen LogP) is 2.33. The zero-order chi connectivity index (χ0) is 18.0. The molecule has 25 heavy (non-hydrogen) atoms. The minimum atomic E-state index is -0.299. The van der Waals surface area contributed by atoms with Gasteiger partial charge in [0.05, 0.1) is 11.4 Å². The van der Waals surface area contributed by atoms with Crippen molar-refractivity contribution in [2.45, 2.75) is 13.0 Å². The molecule has 6 nitrogen and oxygen atoms in total.